The summed E-state index contributed by atoms with van der Waals surface area (Å²) in [6.45, 7) is 1.00. The van der Waals surface area contributed by atoms with Crippen molar-refractivity contribution in [3.8, 4) is 0 Å². The molecule has 0 heterocycles. The molecule has 0 amide bonds. The lowest BCUT2D eigenvalue weighted by molar-refractivity contribution is -0.138. The van der Waals surface area contributed by atoms with Gasteiger partial charge in [-0.15, -0.1) is 12.4 Å². The summed E-state index contributed by atoms with van der Waals surface area (Å²) in [4.78, 5) is 15.4. The molecule has 0 aliphatic heterocycles. The normalized spacial score (nSPS) is 10.7. The van der Waals surface area contributed by atoms with E-state index in [0.717, 1.165) is 6.92 Å². The molecule has 0 unspecified atom stereocenters. The monoisotopic (exact) mass is 345 g/mol. The van der Waals surface area contributed by atoms with E-state index in [-0.39, 0.29) is 12.4 Å². The summed E-state index contributed by atoms with van der Waals surface area (Å²) < 4.78 is 65.4. The SMILES string of the molecule is C/C(=C\c1c(F)c(F)c(F)c(F)c1F)C(=O)ON=C(N)N.Cl. The Morgan fingerprint density at radius 1 is 1.00 bits per heavy atom. The van der Waals surface area contributed by atoms with Gasteiger partial charge in [-0.3, -0.25) is 0 Å². The van der Waals surface area contributed by atoms with E-state index in [0.29, 0.717) is 6.08 Å². The molecule has 1 aromatic rings. The maximum Gasteiger partial charge on any atom is 0.361 e. The number of nitrogens with zero attached hydrogens (tertiary/aromatic N) is 1. The number of hydrogen-bond donors (Lipinski definition) is 2. The van der Waals surface area contributed by atoms with Crippen molar-refractivity contribution in [1.29, 1.82) is 0 Å². The molecule has 1 rings (SSSR count). The van der Waals surface area contributed by atoms with Crippen LogP contribution in [0.5, 0.6) is 0 Å². The Balaban J connectivity index is 0.00000441. The Kier molecular flexibility index (Phi) is 6.78. The lowest BCUT2D eigenvalue weighted by Gasteiger charge is -2.05. The lowest BCUT2D eigenvalue weighted by Crippen LogP contribution is -2.23. The minimum Gasteiger partial charge on any atom is -0.367 e. The zero-order valence-corrected chi connectivity index (χ0v) is 11.6. The van der Waals surface area contributed by atoms with Crippen molar-refractivity contribution in [3.63, 3.8) is 0 Å². The Hall–Kier alpha value is -2.36. The van der Waals surface area contributed by atoms with E-state index in [1.807, 2.05) is 0 Å². The molecule has 22 heavy (non-hydrogen) atoms. The van der Waals surface area contributed by atoms with Crippen molar-refractivity contribution in [2.24, 2.45) is 16.6 Å². The number of nitrogens with two attached hydrogens (primary N) is 2. The van der Waals surface area contributed by atoms with Gasteiger partial charge in [-0.05, 0) is 18.2 Å². The van der Waals surface area contributed by atoms with Crippen LogP contribution in [0.1, 0.15) is 12.5 Å². The van der Waals surface area contributed by atoms with Crippen LogP contribution >= 0.6 is 12.4 Å². The van der Waals surface area contributed by atoms with Crippen molar-refractivity contribution in [1.82, 2.24) is 0 Å². The molecule has 0 bridgehead atoms. The van der Waals surface area contributed by atoms with Crippen molar-refractivity contribution in [3.05, 3.63) is 40.2 Å². The third-order valence-corrected chi connectivity index (χ3v) is 2.16. The zero-order chi connectivity index (χ0) is 16.3. The lowest BCUT2D eigenvalue weighted by atomic mass is 10.1. The summed E-state index contributed by atoms with van der Waals surface area (Å²) in [7, 11) is 0. The number of oxime groups is 1. The molecular formula is C11H9ClF5N3O2. The average molecular weight is 346 g/mol. The van der Waals surface area contributed by atoms with Crippen LogP contribution in [0, 0.1) is 29.1 Å². The molecule has 0 atom stereocenters. The maximum atomic E-state index is 13.4. The zero-order valence-electron chi connectivity index (χ0n) is 10.8. The number of benzene rings is 1. The maximum absolute atomic E-state index is 13.4. The third-order valence-electron chi connectivity index (χ3n) is 2.16. The van der Waals surface area contributed by atoms with Gasteiger partial charge in [0.2, 0.25) is 11.8 Å². The first-order valence-electron chi connectivity index (χ1n) is 5.16. The fourth-order valence-corrected chi connectivity index (χ4v) is 1.19. The van der Waals surface area contributed by atoms with E-state index in [4.69, 9.17) is 11.5 Å². The van der Waals surface area contributed by atoms with Crippen molar-refractivity contribution in [2.75, 3.05) is 0 Å². The highest BCUT2D eigenvalue weighted by molar-refractivity contribution is 5.93. The fraction of sp³-hybridized carbons (Fsp3) is 0.0909. The van der Waals surface area contributed by atoms with Crippen LogP contribution < -0.4 is 11.5 Å². The third kappa shape index (κ3) is 4.07. The number of rotatable bonds is 3. The van der Waals surface area contributed by atoms with Gasteiger partial charge in [-0.1, -0.05) is 0 Å². The molecule has 5 nitrogen and oxygen atoms in total. The van der Waals surface area contributed by atoms with Gasteiger partial charge in [-0.2, -0.15) is 0 Å². The summed E-state index contributed by atoms with van der Waals surface area (Å²) in [5.74, 6) is -12.6. The van der Waals surface area contributed by atoms with Gasteiger partial charge in [0.1, 0.15) is 0 Å². The fourth-order valence-electron chi connectivity index (χ4n) is 1.19. The molecule has 0 saturated heterocycles. The van der Waals surface area contributed by atoms with Gasteiger partial charge in [0.15, 0.2) is 23.3 Å². The highest BCUT2D eigenvalue weighted by Crippen LogP contribution is 2.25. The predicted octanol–water partition coefficient (Wildman–Crippen LogP) is 1.94. The van der Waals surface area contributed by atoms with E-state index < -0.39 is 52.2 Å². The largest absolute Gasteiger partial charge is 0.367 e. The number of guanidine groups is 1. The molecule has 1 aromatic carbocycles. The summed E-state index contributed by atoms with van der Waals surface area (Å²) in [5, 5.41) is 2.87. The van der Waals surface area contributed by atoms with Crippen LogP contribution in [0.3, 0.4) is 0 Å². The second-order valence-corrected chi connectivity index (χ2v) is 3.71. The van der Waals surface area contributed by atoms with E-state index in [1.165, 1.54) is 0 Å². The quantitative estimate of drug-likeness (QED) is 0.128. The Morgan fingerprint density at radius 3 is 1.82 bits per heavy atom. The standard InChI is InChI=1S/C11H8F5N3O2.ClH/c1-3(10(20)21-19-11(17)18)2-4-5(12)7(14)9(16)8(15)6(4)13;/h2H,1H3,(H4,17,18,19);1H/b3-2+;. The molecule has 0 aliphatic rings. The summed E-state index contributed by atoms with van der Waals surface area (Å²) in [6, 6.07) is 0. The van der Waals surface area contributed by atoms with Gasteiger partial charge in [0.05, 0.1) is 5.56 Å². The molecule has 4 N–H and O–H groups in total. The topological polar surface area (TPSA) is 90.7 Å². The molecule has 0 saturated carbocycles. The van der Waals surface area contributed by atoms with Crippen molar-refractivity contribution >= 4 is 30.4 Å². The van der Waals surface area contributed by atoms with E-state index in [2.05, 4.69) is 9.99 Å². The van der Waals surface area contributed by atoms with Gasteiger partial charge < -0.3 is 16.3 Å². The van der Waals surface area contributed by atoms with Gasteiger partial charge in [0, 0.05) is 5.57 Å². The Labute approximate surface area is 126 Å². The minimum absolute atomic E-state index is 0. The number of carbonyl (C=O) groups is 1. The molecular weight excluding hydrogens is 337 g/mol. The molecule has 0 spiro atoms. The summed E-state index contributed by atoms with van der Waals surface area (Å²) in [5.41, 5.74) is 7.95. The first-order chi connectivity index (χ1) is 9.66. The second kappa shape index (κ2) is 7.59. The van der Waals surface area contributed by atoms with Crippen LogP contribution in [0.15, 0.2) is 10.7 Å². The molecule has 0 fully saturated rings. The van der Waals surface area contributed by atoms with Crippen LogP contribution in [0.4, 0.5) is 22.0 Å². The van der Waals surface area contributed by atoms with Crippen LogP contribution in [-0.4, -0.2) is 11.9 Å². The molecule has 0 radical (unpaired) electrons. The van der Waals surface area contributed by atoms with Gasteiger partial charge in [0.25, 0.3) is 0 Å². The van der Waals surface area contributed by atoms with Crippen LogP contribution in [0.2, 0.25) is 0 Å². The van der Waals surface area contributed by atoms with E-state index in [9.17, 15) is 26.7 Å². The van der Waals surface area contributed by atoms with Crippen LogP contribution in [0.25, 0.3) is 6.08 Å². The minimum atomic E-state index is -2.30. The predicted molar refractivity (Wildman–Crippen MR) is 69.0 cm³/mol. The number of hydrogen-bond acceptors (Lipinski definition) is 3. The summed E-state index contributed by atoms with van der Waals surface area (Å²) in [6.07, 6.45) is 0.417. The highest BCUT2D eigenvalue weighted by Gasteiger charge is 2.25. The van der Waals surface area contributed by atoms with Gasteiger partial charge >= 0.3 is 5.97 Å². The van der Waals surface area contributed by atoms with E-state index in [1.54, 1.807) is 0 Å². The highest BCUT2D eigenvalue weighted by atomic mass is 35.5. The average Bonchev–Trinajstić information content (AvgIpc) is 2.44. The molecule has 122 valence electrons. The van der Waals surface area contributed by atoms with Crippen molar-refractivity contribution < 1.29 is 31.6 Å². The number of carbonyl (C=O) groups excluding carboxylic acids is 1. The van der Waals surface area contributed by atoms with E-state index >= 15 is 0 Å². The van der Waals surface area contributed by atoms with Gasteiger partial charge in [-0.25, -0.2) is 26.7 Å². The first-order valence-corrected chi connectivity index (χ1v) is 5.16. The smallest absolute Gasteiger partial charge is 0.361 e. The second-order valence-electron chi connectivity index (χ2n) is 3.71. The Bertz CT molecular complexity index is 631. The molecule has 11 heteroatoms. The Morgan fingerprint density at radius 2 is 1.41 bits per heavy atom. The molecule has 0 aromatic heterocycles. The van der Waals surface area contributed by atoms with Crippen LogP contribution in [-0.2, 0) is 9.63 Å². The first kappa shape index (κ1) is 19.6. The van der Waals surface area contributed by atoms with Crippen molar-refractivity contribution in [2.45, 2.75) is 6.92 Å². The molecule has 0 aliphatic carbocycles. The number of halogens is 6. The summed E-state index contributed by atoms with van der Waals surface area (Å²) >= 11 is 0.